The third kappa shape index (κ3) is 3.95. The van der Waals surface area contributed by atoms with E-state index in [9.17, 15) is 9.59 Å². The van der Waals surface area contributed by atoms with Gasteiger partial charge in [-0.25, -0.2) is 4.79 Å². The first-order valence-electron chi connectivity index (χ1n) is 9.05. The van der Waals surface area contributed by atoms with Gasteiger partial charge in [-0.3, -0.25) is 4.79 Å². The van der Waals surface area contributed by atoms with Gasteiger partial charge in [-0.15, -0.1) is 11.3 Å². The second-order valence-electron chi connectivity index (χ2n) is 6.50. The van der Waals surface area contributed by atoms with Crippen LogP contribution in [0.15, 0.2) is 48.5 Å². The molecule has 0 saturated heterocycles. The molecule has 6 nitrogen and oxygen atoms in total. The molecule has 4 rings (SSSR count). The number of ether oxygens (including phenoxy) is 3. The Morgan fingerprint density at radius 2 is 1.79 bits per heavy atom. The zero-order valence-electron chi connectivity index (χ0n) is 16.0. The van der Waals surface area contributed by atoms with Gasteiger partial charge in [0.2, 0.25) is 0 Å². The molecule has 0 spiro atoms. The van der Waals surface area contributed by atoms with E-state index in [4.69, 9.17) is 14.2 Å². The molecule has 29 heavy (non-hydrogen) atoms. The van der Waals surface area contributed by atoms with Gasteiger partial charge in [0.25, 0.3) is 5.91 Å². The summed E-state index contributed by atoms with van der Waals surface area (Å²) < 4.78 is 15.9. The van der Waals surface area contributed by atoms with Crippen LogP contribution in [0.3, 0.4) is 0 Å². The van der Waals surface area contributed by atoms with Crippen LogP contribution >= 0.6 is 11.3 Å². The second-order valence-corrected chi connectivity index (χ2v) is 7.58. The summed E-state index contributed by atoms with van der Waals surface area (Å²) >= 11 is 1.38. The van der Waals surface area contributed by atoms with Gasteiger partial charge >= 0.3 is 5.97 Å². The van der Waals surface area contributed by atoms with Crippen LogP contribution in [-0.4, -0.2) is 32.2 Å². The first-order valence-corrected chi connectivity index (χ1v) is 9.87. The van der Waals surface area contributed by atoms with E-state index in [2.05, 4.69) is 5.32 Å². The Kier molecular flexibility index (Phi) is 5.22. The Bertz CT molecular complexity index is 1090. The summed E-state index contributed by atoms with van der Waals surface area (Å²) in [5.41, 5.74) is 2.78. The summed E-state index contributed by atoms with van der Waals surface area (Å²) in [5.74, 6) is 0.764. The van der Waals surface area contributed by atoms with Gasteiger partial charge in [0.15, 0.2) is 11.5 Å². The predicted octanol–water partition coefficient (Wildman–Crippen LogP) is 4.53. The molecule has 0 fully saturated rings. The normalized spacial score (nSPS) is 12.3. The van der Waals surface area contributed by atoms with Gasteiger partial charge in [-0.1, -0.05) is 6.07 Å². The number of esters is 1. The average Bonchev–Trinajstić information content (AvgIpc) is 3.25. The van der Waals surface area contributed by atoms with Crippen molar-refractivity contribution in [1.29, 1.82) is 0 Å². The highest BCUT2D eigenvalue weighted by Crippen LogP contribution is 2.37. The Morgan fingerprint density at radius 3 is 2.59 bits per heavy atom. The minimum absolute atomic E-state index is 0.232. The number of hydrogen-bond acceptors (Lipinski definition) is 6. The van der Waals surface area contributed by atoms with Crippen molar-refractivity contribution in [3.63, 3.8) is 0 Å². The molecule has 0 aliphatic carbocycles. The van der Waals surface area contributed by atoms with Gasteiger partial charge < -0.3 is 19.5 Å². The molecule has 0 saturated carbocycles. The summed E-state index contributed by atoms with van der Waals surface area (Å²) in [7, 11) is 1.32. The van der Waals surface area contributed by atoms with Gasteiger partial charge in [-0.05, 0) is 60.5 Å². The Morgan fingerprint density at radius 1 is 1.00 bits per heavy atom. The maximum atomic E-state index is 12.7. The monoisotopic (exact) mass is 409 g/mol. The van der Waals surface area contributed by atoms with E-state index in [0.717, 1.165) is 21.8 Å². The lowest BCUT2D eigenvalue weighted by atomic mass is 10.1. The Labute approximate surface area is 172 Å². The molecule has 0 unspecified atom stereocenters. The molecule has 0 radical (unpaired) electrons. The number of nitrogens with one attached hydrogen (secondary N) is 1. The highest BCUT2D eigenvalue weighted by atomic mass is 32.1. The average molecular weight is 409 g/mol. The molecule has 1 aliphatic heterocycles. The van der Waals surface area contributed by atoms with Crippen molar-refractivity contribution < 1.29 is 23.8 Å². The molecule has 1 aromatic heterocycles. The van der Waals surface area contributed by atoms with Crippen LogP contribution in [0, 0.1) is 6.92 Å². The Balaban J connectivity index is 1.54. The van der Waals surface area contributed by atoms with E-state index in [1.54, 1.807) is 24.3 Å². The maximum Gasteiger partial charge on any atom is 0.337 e. The van der Waals surface area contributed by atoms with Crippen molar-refractivity contribution in [3.8, 4) is 21.9 Å². The van der Waals surface area contributed by atoms with Crippen molar-refractivity contribution in [2.75, 3.05) is 25.6 Å². The van der Waals surface area contributed by atoms with E-state index in [-0.39, 0.29) is 5.91 Å². The molecule has 2 aromatic carbocycles. The number of carbonyl (C=O) groups excluding carboxylic acids is 2. The van der Waals surface area contributed by atoms with E-state index in [0.29, 0.717) is 35.1 Å². The molecule has 0 bridgehead atoms. The fourth-order valence-electron chi connectivity index (χ4n) is 3.00. The summed E-state index contributed by atoms with van der Waals surface area (Å²) in [5, 5.41) is 2.88. The zero-order chi connectivity index (χ0) is 20.4. The molecular formula is C22H19NO5S. The molecule has 1 aliphatic rings. The number of carbonyl (C=O) groups is 2. The third-order valence-corrected chi connectivity index (χ3v) is 5.70. The van der Waals surface area contributed by atoms with E-state index in [1.807, 2.05) is 31.2 Å². The smallest absolute Gasteiger partial charge is 0.337 e. The summed E-state index contributed by atoms with van der Waals surface area (Å²) in [4.78, 5) is 26.0. The summed E-state index contributed by atoms with van der Waals surface area (Å²) in [6.07, 6.45) is 0. The topological polar surface area (TPSA) is 73.9 Å². The van der Waals surface area contributed by atoms with Crippen LogP contribution in [0.2, 0.25) is 0 Å². The highest BCUT2D eigenvalue weighted by molar-refractivity contribution is 7.17. The van der Waals surface area contributed by atoms with Crippen molar-refractivity contribution >= 4 is 28.9 Å². The number of rotatable bonds is 4. The summed E-state index contributed by atoms with van der Waals surface area (Å²) in [6, 6.07) is 14.5. The number of thiophene rings is 1. The van der Waals surface area contributed by atoms with Gasteiger partial charge in [0.05, 0.1) is 17.6 Å². The van der Waals surface area contributed by atoms with Crippen molar-refractivity contribution in [2.45, 2.75) is 6.92 Å². The van der Waals surface area contributed by atoms with Crippen LogP contribution in [0.25, 0.3) is 10.4 Å². The molecule has 7 heteroatoms. The largest absolute Gasteiger partial charge is 0.486 e. The number of benzene rings is 2. The third-order valence-electron chi connectivity index (χ3n) is 4.56. The van der Waals surface area contributed by atoms with E-state index >= 15 is 0 Å². The van der Waals surface area contributed by atoms with Crippen LogP contribution in [0.1, 0.15) is 25.6 Å². The molecule has 0 atom stereocenters. The molecule has 3 aromatic rings. The number of hydrogen-bond donors (Lipinski definition) is 1. The fraction of sp³-hybridized carbons (Fsp3) is 0.182. The van der Waals surface area contributed by atoms with E-state index in [1.165, 1.54) is 18.4 Å². The molecule has 1 N–H and O–H groups in total. The minimum atomic E-state index is -0.447. The number of aryl methyl sites for hydroxylation is 1. The number of anilines is 1. The molecular weight excluding hydrogens is 390 g/mol. The number of fused-ring (bicyclic) bond motifs is 1. The highest BCUT2D eigenvalue weighted by Gasteiger charge is 2.16. The quantitative estimate of drug-likeness (QED) is 0.641. The number of methoxy groups -OCH3 is 1. The fourth-order valence-corrected chi connectivity index (χ4v) is 3.89. The molecule has 1 amide bonds. The van der Waals surface area contributed by atoms with Crippen molar-refractivity contribution in [1.82, 2.24) is 0 Å². The van der Waals surface area contributed by atoms with Crippen LogP contribution < -0.4 is 14.8 Å². The summed E-state index contributed by atoms with van der Waals surface area (Å²) in [6.45, 7) is 2.94. The Hall–Kier alpha value is -3.32. The first-order chi connectivity index (χ1) is 14.0. The zero-order valence-corrected chi connectivity index (χ0v) is 16.8. The van der Waals surface area contributed by atoms with Crippen molar-refractivity contribution in [2.24, 2.45) is 0 Å². The van der Waals surface area contributed by atoms with Crippen molar-refractivity contribution in [3.05, 3.63) is 64.5 Å². The lowest BCUT2D eigenvalue weighted by Crippen LogP contribution is -2.15. The lowest BCUT2D eigenvalue weighted by molar-refractivity contribution is 0.0600. The van der Waals surface area contributed by atoms with Gasteiger partial charge in [0.1, 0.15) is 13.2 Å². The predicted molar refractivity (Wildman–Crippen MR) is 111 cm³/mol. The first kappa shape index (κ1) is 19.0. The van der Waals surface area contributed by atoms with Crippen LogP contribution in [-0.2, 0) is 4.74 Å². The van der Waals surface area contributed by atoms with E-state index < -0.39 is 5.97 Å². The lowest BCUT2D eigenvalue weighted by Gasteiger charge is -2.18. The SMILES string of the molecule is COC(=O)c1ccc(C)c(NC(=O)c2ccc(-c3ccc4c(c3)OCCO4)s2)c1. The van der Waals surface area contributed by atoms with Crippen LogP contribution in [0.4, 0.5) is 5.69 Å². The number of amides is 1. The van der Waals surface area contributed by atoms with Gasteiger partial charge in [0, 0.05) is 10.6 Å². The van der Waals surface area contributed by atoms with Crippen LogP contribution in [0.5, 0.6) is 11.5 Å². The molecule has 148 valence electrons. The second kappa shape index (κ2) is 7.97. The molecule has 2 heterocycles. The van der Waals surface area contributed by atoms with Gasteiger partial charge in [-0.2, -0.15) is 0 Å². The maximum absolute atomic E-state index is 12.7. The minimum Gasteiger partial charge on any atom is -0.486 e. The standard InChI is InChI=1S/C22H19NO5S/c1-13-3-4-15(22(25)26-2)11-16(13)23-21(24)20-8-7-19(29-20)14-5-6-17-18(12-14)28-10-9-27-17/h3-8,11-12H,9-10H2,1-2H3,(H,23,24).